The van der Waals surface area contributed by atoms with E-state index in [1.165, 1.54) is 58.0 Å². The third-order valence-electron chi connectivity index (χ3n) is 5.44. The predicted octanol–water partition coefficient (Wildman–Crippen LogP) is 2.81. The molecule has 2 bridgehead atoms. The van der Waals surface area contributed by atoms with Crippen molar-refractivity contribution in [1.29, 1.82) is 0 Å². The van der Waals surface area contributed by atoms with Crippen LogP contribution in [0.1, 0.15) is 44.9 Å². The predicted molar refractivity (Wildman–Crippen MR) is 76.6 cm³/mol. The van der Waals surface area contributed by atoms with Gasteiger partial charge in [-0.05, 0) is 76.9 Å². The maximum absolute atomic E-state index is 3.76. The fraction of sp³-hybridized carbons (Fsp3) is 0.875. The lowest BCUT2D eigenvalue weighted by Crippen LogP contribution is -2.43. The fourth-order valence-corrected chi connectivity index (χ4v) is 4.22. The van der Waals surface area contributed by atoms with Crippen LogP contribution in [-0.4, -0.2) is 37.1 Å². The van der Waals surface area contributed by atoms with Crippen LogP contribution in [-0.2, 0) is 0 Å². The van der Waals surface area contributed by atoms with E-state index in [2.05, 4.69) is 29.4 Å². The number of hydrogen-bond donors (Lipinski definition) is 1. The molecular weight excluding hydrogens is 220 g/mol. The Labute approximate surface area is 112 Å². The number of rotatable bonds is 4. The zero-order chi connectivity index (χ0) is 12.4. The van der Waals surface area contributed by atoms with Gasteiger partial charge < -0.3 is 10.2 Å². The van der Waals surface area contributed by atoms with Gasteiger partial charge in [0, 0.05) is 12.1 Å². The summed E-state index contributed by atoms with van der Waals surface area (Å²) in [7, 11) is 2.33. The van der Waals surface area contributed by atoms with Crippen LogP contribution < -0.4 is 5.32 Å². The van der Waals surface area contributed by atoms with Crippen molar-refractivity contribution in [2.45, 2.75) is 57.0 Å². The van der Waals surface area contributed by atoms with E-state index >= 15 is 0 Å². The van der Waals surface area contributed by atoms with E-state index in [-0.39, 0.29) is 0 Å². The summed E-state index contributed by atoms with van der Waals surface area (Å²) in [6.45, 7) is 2.51. The van der Waals surface area contributed by atoms with Gasteiger partial charge in [0.2, 0.25) is 0 Å². The van der Waals surface area contributed by atoms with Crippen molar-refractivity contribution < 1.29 is 0 Å². The van der Waals surface area contributed by atoms with Crippen molar-refractivity contribution in [1.82, 2.24) is 10.2 Å². The molecule has 0 aromatic rings. The molecule has 1 aliphatic carbocycles. The monoisotopic (exact) mass is 248 g/mol. The Balaban J connectivity index is 1.38. The molecule has 0 aromatic heterocycles. The molecule has 102 valence electrons. The van der Waals surface area contributed by atoms with E-state index < -0.39 is 0 Å². The summed E-state index contributed by atoms with van der Waals surface area (Å²) in [6, 6.07) is 1.79. The molecular formula is C16H28N2. The fourth-order valence-electron chi connectivity index (χ4n) is 4.22. The highest BCUT2D eigenvalue weighted by molar-refractivity contribution is 4.94. The Morgan fingerprint density at radius 1 is 1.00 bits per heavy atom. The number of allylic oxidation sites excluding steroid dienone is 2. The van der Waals surface area contributed by atoms with Crippen molar-refractivity contribution in [3.05, 3.63) is 12.2 Å². The molecule has 18 heavy (non-hydrogen) atoms. The highest BCUT2D eigenvalue weighted by Crippen LogP contribution is 2.37. The molecule has 2 heterocycles. The zero-order valence-electron chi connectivity index (χ0n) is 11.8. The molecule has 3 unspecified atom stereocenters. The molecule has 2 nitrogen and oxygen atoms in total. The highest BCUT2D eigenvalue weighted by atomic mass is 15.2. The van der Waals surface area contributed by atoms with Gasteiger partial charge in [0.15, 0.2) is 0 Å². The third kappa shape index (κ3) is 2.80. The smallest absolute Gasteiger partial charge is 0.00988 e. The van der Waals surface area contributed by atoms with Gasteiger partial charge in [-0.2, -0.15) is 0 Å². The molecule has 0 aromatic carbocycles. The number of nitrogens with one attached hydrogen (secondary N) is 1. The average Bonchev–Trinajstić information content (AvgIpc) is 2.64. The normalized spacial score (nSPS) is 40.3. The maximum Gasteiger partial charge on any atom is 0.00988 e. The summed E-state index contributed by atoms with van der Waals surface area (Å²) in [5, 5.41) is 3.76. The molecule has 0 amide bonds. The van der Waals surface area contributed by atoms with Crippen LogP contribution in [0.4, 0.5) is 0 Å². The van der Waals surface area contributed by atoms with Crippen molar-refractivity contribution in [2.24, 2.45) is 11.8 Å². The lowest BCUT2D eigenvalue weighted by atomic mass is 9.90. The third-order valence-corrected chi connectivity index (χ3v) is 5.44. The lowest BCUT2D eigenvalue weighted by molar-refractivity contribution is 0.132. The Morgan fingerprint density at radius 3 is 2.39 bits per heavy atom. The number of hydrogen-bond acceptors (Lipinski definition) is 2. The minimum Gasteiger partial charge on any atom is -0.316 e. The summed E-state index contributed by atoms with van der Waals surface area (Å²) in [6.07, 6.45) is 14.5. The summed E-state index contributed by atoms with van der Waals surface area (Å²) < 4.78 is 0. The Kier molecular flexibility index (Phi) is 4.05. The summed E-state index contributed by atoms with van der Waals surface area (Å²) in [4.78, 5) is 2.64. The van der Waals surface area contributed by atoms with Gasteiger partial charge in [0.05, 0.1) is 0 Å². The average molecular weight is 248 g/mol. The van der Waals surface area contributed by atoms with Gasteiger partial charge in [-0.3, -0.25) is 0 Å². The summed E-state index contributed by atoms with van der Waals surface area (Å²) in [5.41, 5.74) is 0. The Bertz CT molecular complexity index is 285. The molecule has 3 aliphatic rings. The van der Waals surface area contributed by atoms with Gasteiger partial charge in [0.1, 0.15) is 0 Å². The van der Waals surface area contributed by atoms with Gasteiger partial charge in [-0.1, -0.05) is 12.2 Å². The van der Waals surface area contributed by atoms with E-state index in [1.54, 1.807) is 0 Å². The van der Waals surface area contributed by atoms with E-state index in [9.17, 15) is 0 Å². The standard InChI is InChI=1S/C16H28N2/c1-18-15-7-8-16(18)10-14(9-15)12-17-11-13-5-3-2-4-6-13/h2-3,13-17H,4-12H2,1H3. The molecule has 0 radical (unpaired) electrons. The van der Waals surface area contributed by atoms with Gasteiger partial charge in [-0.15, -0.1) is 0 Å². The minimum absolute atomic E-state index is 0.896. The zero-order valence-corrected chi connectivity index (χ0v) is 11.8. The van der Waals surface area contributed by atoms with Gasteiger partial charge in [-0.25, -0.2) is 0 Å². The molecule has 2 saturated heterocycles. The van der Waals surface area contributed by atoms with Crippen LogP contribution in [0.25, 0.3) is 0 Å². The van der Waals surface area contributed by atoms with Crippen LogP contribution in [0.3, 0.4) is 0 Å². The van der Waals surface area contributed by atoms with E-state index in [0.29, 0.717) is 0 Å². The van der Waals surface area contributed by atoms with Crippen molar-refractivity contribution in [3.8, 4) is 0 Å². The number of nitrogens with zero attached hydrogens (tertiary/aromatic N) is 1. The highest BCUT2D eigenvalue weighted by Gasteiger charge is 2.37. The van der Waals surface area contributed by atoms with Gasteiger partial charge in [0.25, 0.3) is 0 Å². The van der Waals surface area contributed by atoms with E-state index in [0.717, 1.165) is 23.9 Å². The second-order valence-corrected chi connectivity index (χ2v) is 6.70. The first kappa shape index (κ1) is 12.7. The lowest BCUT2D eigenvalue weighted by Gasteiger charge is -2.36. The first-order valence-electron chi connectivity index (χ1n) is 7.90. The van der Waals surface area contributed by atoms with Crippen LogP contribution in [0.15, 0.2) is 12.2 Å². The molecule has 1 N–H and O–H groups in total. The van der Waals surface area contributed by atoms with Gasteiger partial charge >= 0.3 is 0 Å². The minimum atomic E-state index is 0.896. The Hall–Kier alpha value is -0.340. The first-order valence-corrected chi connectivity index (χ1v) is 7.90. The topological polar surface area (TPSA) is 15.3 Å². The van der Waals surface area contributed by atoms with Crippen LogP contribution in [0.2, 0.25) is 0 Å². The van der Waals surface area contributed by atoms with Crippen molar-refractivity contribution >= 4 is 0 Å². The quantitative estimate of drug-likeness (QED) is 0.770. The first-order chi connectivity index (χ1) is 8.83. The second kappa shape index (κ2) is 5.75. The van der Waals surface area contributed by atoms with Crippen LogP contribution in [0.5, 0.6) is 0 Å². The van der Waals surface area contributed by atoms with Crippen LogP contribution >= 0.6 is 0 Å². The largest absolute Gasteiger partial charge is 0.316 e. The number of piperidine rings is 1. The molecule has 2 fully saturated rings. The summed E-state index contributed by atoms with van der Waals surface area (Å²) >= 11 is 0. The summed E-state index contributed by atoms with van der Waals surface area (Å²) in [5.74, 6) is 1.84. The molecule has 0 saturated carbocycles. The number of fused-ring (bicyclic) bond motifs is 2. The van der Waals surface area contributed by atoms with Crippen molar-refractivity contribution in [2.75, 3.05) is 20.1 Å². The molecule has 3 rings (SSSR count). The Morgan fingerprint density at radius 2 is 1.72 bits per heavy atom. The molecule has 3 atom stereocenters. The van der Waals surface area contributed by atoms with Crippen molar-refractivity contribution in [3.63, 3.8) is 0 Å². The van der Waals surface area contributed by atoms with E-state index in [1.807, 2.05) is 0 Å². The maximum atomic E-state index is 3.76. The molecule has 2 aliphatic heterocycles. The molecule has 2 heteroatoms. The second-order valence-electron chi connectivity index (χ2n) is 6.70. The molecule has 0 spiro atoms. The van der Waals surface area contributed by atoms with Crippen LogP contribution in [0, 0.1) is 11.8 Å². The SMILES string of the molecule is CN1C2CCC1CC(CNCC1CC=CCC1)C2. The van der Waals surface area contributed by atoms with E-state index in [4.69, 9.17) is 0 Å².